The molecule has 3 atom stereocenters. The number of rotatable bonds is 3. The molecule has 5 heterocycles. The Morgan fingerprint density at radius 3 is 2.80 bits per heavy atom. The number of thiophene rings is 1. The lowest BCUT2D eigenvalue weighted by Crippen LogP contribution is -2.50. The number of benzene rings is 1. The number of hydrogen-bond donors (Lipinski definition) is 0. The summed E-state index contributed by atoms with van der Waals surface area (Å²) in [7, 11) is 0. The second kappa shape index (κ2) is 7.06. The van der Waals surface area contributed by atoms with Gasteiger partial charge in [0.1, 0.15) is 17.0 Å². The van der Waals surface area contributed by atoms with Crippen LogP contribution in [0.5, 0.6) is 0 Å². The van der Waals surface area contributed by atoms with E-state index in [-0.39, 0.29) is 11.6 Å². The third-order valence-electron chi connectivity index (χ3n) is 6.63. The Morgan fingerprint density at radius 2 is 1.90 bits per heavy atom. The van der Waals surface area contributed by atoms with E-state index in [1.807, 2.05) is 12.1 Å². The average molecular weight is 415 g/mol. The number of aromatic nitrogens is 3. The van der Waals surface area contributed by atoms with Crippen LogP contribution in [0.15, 0.2) is 71.1 Å². The molecule has 0 amide bonds. The molecule has 2 aliphatic rings. The summed E-state index contributed by atoms with van der Waals surface area (Å²) in [6, 6.07) is 18.6. The number of fused-ring (bicyclic) bond motifs is 5. The summed E-state index contributed by atoms with van der Waals surface area (Å²) in [5.74, 6) is 1.77. The zero-order valence-electron chi connectivity index (χ0n) is 16.5. The highest BCUT2D eigenvalue weighted by Gasteiger charge is 2.41. The maximum atomic E-state index is 12.9. The standard InChI is InChI=1S/C24H22N4OS/c29-22-8-4-7-20-17-12-18(21(28(20)22)11-16-5-2-1-3-6-16)14-27(13-17)23-19-9-10-30-24(19)26-15-25-23/h1-10,15,17-18,21H,11-14H2/t17-,18+,21+/m1/s1. The summed E-state index contributed by atoms with van der Waals surface area (Å²) in [5, 5.41) is 3.22. The molecular formula is C24H22N4OS. The van der Waals surface area contributed by atoms with Crippen LogP contribution in [0.1, 0.15) is 29.6 Å². The molecule has 2 bridgehead atoms. The Balaban J connectivity index is 1.44. The molecule has 1 fully saturated rings. The molecule has 0 N–H and O–H groups in total. The van der Waals surface area contributed by atoms with Crippen molar-refractivity contribution in [1.29, 1.82) is 0 Å². The zero-order valence-corrected chi connectivity index (χ0v) is 17.3. The smallest absolute Gasteiger partial charge is 0.251 e. The number of hydrogen-bond acceptors (Lipinski definition) is 5. The first-order chi connectivity index (χ1) is 14.8. The van der Waals surface area contributed by atoms with E-state index in [4.69, 9.17) is 0 Å². The van der Waals surface area contributed by atoms with E-state index in [9.17, 15) is 4.79 Å². The van der Waals surface area contributed by atoms with Crippen LogP contribution >= 0.6 is 11.3 Å². The van der Waals surface area contributed by atoms with Crippen LogP contribution in [0.4, 0.5) is 5.82 Å². The summed E-state index contributed by atoms with van der Waals surface area (Å²) in [5.41, 5.74) is 2.57. The summed E-state index contributed by atoms with van der Waals surface area (Å²) < 4.78 is 2.09. The molecular weight excluding hydrogens is 392 g/mol. The summed E-state index contributed by atoms with van der Waals surface area (Å²) in [4.78, 5) is 25.5. The Hall–Kier alpha value is -2.99. The van der Waals surface area contributed by atoms with Gasteiger partial charge in [-0.2, -0.15) is 0 Å². The van der Waals surface area contributed by atoms with Crippen LogP contribution in [0.2, 0.25) is 0 Å². The lowest BCUT2D eigenvalue weighted by Gasteiger charge is -2.47. The predicted molar refractivity (Wildman–Crippen MR) is 120 cm³/mol. The second-order valence-electron chi connectivity index (χ2n) is 8.35. The van der Waals surface area contributed by atoms with Crippen LogP contribution in [0, 0.1) is 5.92 Å². The van der Waals surface area contributed by atoms with Crippen molar-refractivity contribution >= 4 is 27.4 Å². The maximum Gasteiger partial charge on any atom is 0.251 e. The fourth-order valence-corrected chi connectivity index (χ4v) is 6.09. The SMILES string of the molecule is O=c1cccc2n1[C@@H](Cc1ccccc1)[C@H]1C[C@@H]2CN(c2ncnc3sccc23)C1. The molecule has 0 spiro atoms. The van der Waals surface area contributed by atoms with Gasteiger partial charge in [0.2, 0.25) is 0 Å². The van der Waals surface area contributed by atoms with Crippen molar-refractivity contribution in [1.82, 2.24) is 14.5 Å². The molecule has 0 saturated carbocycles. The predicted octanol–water partition coefficient (Wildman–Crippen LogP) is 4.26. The van der Waals surface area contributed by atoms with E-state index in [1.165, 1.54) is 11.3 Å². The minimum atomic E-state index is 0.124. The van der Waals surface area contributed by atoms with E-state index in [1.54, 1.807) is 23.7 Å². The molecule has 2 aliphatic heterocycles. The van der Waals surface area contributed by atoms with Crippen LogP contribution in [-0.4, -0.2) is 27.6 Å². The van der Waals surface area contributed by atoms with E-state index in [0.29, 0.717) is 11.8 Å². The fourth-order valence-electron chi connectivity index (χ4n) is 5.36. The van der Waals surface area contributed by atoms with Gasteiger partial charge in [0.05, 0.1) is 5.39 Å². The van der Waals surface area contributed by atoms with Crippen LogP contribution in [0.25, 0.3) is 10.2 Å². The van der Waals surface area contributed by atoms with E-state index < -0.39 is 0 Å². The summed E-state index contributed by atoms with van der Waals surface area (Å²) in [6.45, 7) is 1.80. The largest absolute Gasteiger partial charge is 0.355 e. The van der Waals surface area contributed by atoms with Gasteiger partial charge in [-0.25, -0.2) is 9.97 Å². The highest BCUT2D eigenvalue weighted by atomic mass is 32.1. The molecule has 6 heteroatoms. The number of pyridine rings is 1. The first-order valence-electron chi connectivity index (χ1n) is 10.5. The zero-order chi connectivity index (χ0) is 20.1. The minimum Gasteiger partial charge on any atom is -0.355 e. The van der Waals surface area contributed by atoms with Gasteiger partial charge in [-0.05, 0) is 41.8 Å². The molecule has 0 unspecified atom stereocenters. The molecule has 0 aliphatic carbocycles. The Labute approximate surface area is 178 Å². The van der Waals surface area contributed by atoms with Gasteiger partial charge in [0.25, 0.3) is 5.56 Å². The first-order valence-corrected chi connectivity index (χ1v) is 11.3. The number of nitrogens with zero attached hydrogens (tertiary/aromatic N) is 4. The Kier molecular flexibility index (Phi) is 4.20. The molecule has 1 aromatic carbocycles. The quantitative estimate of drug-likeness (QED) is 0.503. The lowest BCUT2D eigenvalue weighted by molar-refractivity contribution is 0.211. The summed E-state index contributed by atoms with van der Waals surface area (Å²) >= 11 is 1.66. The fraction of sp³-hybridized carbons (Fsp3) is 0.292. The van der Waals surface area contributed by atoms with Gasteiger partial charge >= 0.3 is 0 Å². The molecule has 30 heavy (non-hydrogen) atoms. The van der Waals surface area contributed by atoms with E-state index in [2.05, 4.69) is 61.2 Å². The molecule has 0 radical (unpaired) electrons. The first kappa shape index (κ1) is 17.8. The van der Waals surface area contributed by atoms with Crippen molar-refractivity contribution in [3.63, 3.8) is 0 Å². The maximum absolute atomic E-state index is 12.9. The highest BCUT2D eigenvalue weighted by molar-refractivity contribution is 7.16. The lowest BCUT2D eigenvalue weighted by atomic mass is 9.76. The number of anilines is 1. The van der Waals surface area contributed by atoms with Gasteiger partial charge < -0.3 is 9.47 Å². The molecule has 3 aromatic heterocycles. The highest BCUT2D eigenvalue weighted by Crippen LogP contribution is 2.44. The van der Waals surface area contributed by atoms with Gasteiger partial charge in [0.15, 0.2) is 0 Å². The van der Waals surface area contributed by atoms with Gasteiger partial charge in [-0.3, -0.25) is 4.79 Å². The van der Waals surface area contributed by atoms with Crippen LogP contribution in [-0.2, 0) is 6.42 Å². The molecule has 1 saturated heterocycles. The van der Waals surface area contributed by atoms with Gasteiger partial charge in [-0.15, -0.1) is 11.3 Å². The second-order valence-corrected chi connectivity index (χ2v) is 9.24. The molecule has 6 rings (SSSR count). The Bertz CT molecular complexity index is 1260. The molecule has 4 aromatic rings. The topological polar surface area (TPSA) is 51.0 Å². The van der Waals surface area contributed by atoms with Gasteiger partial charge in [-0.1, -0.05) is 36.4 Å². The van der Waals surface area contributed by atoms with Crippen LogP contribution < -0.4 is 10.5 Å². The van der Waals surface area contributed by atoms with Crippen molar-refractivity contribution in [3.05, 3.63) is 87.9 Å². The van der Waals surface area contributed by atoms with Crippen molar-refractivity contribution < 1.29 is 0 Å². The van der Waals surface area contributed by atoms with Gasteiger partial charge in [0, 0.05) is 36.8 Å². The number of piperidine rings is 1. The summed E-state index contributed by atoms with van der Waals surface area (Å²) in [6.07, 6.45) is 3.67. The van der Waals surface area contributed by atoms with E-state index >= 15 is 0 Å². The van der Waals surface area contributed by atoms with E-state index in [0.717, 1.165) is 42.0 Å². The molecule has 5 nitrogen and oxygen atoms in total. The average Bonchev–Trinajstić information content (AvgIpc) is 3.26. The third kappa shape index (κ3) is 2.86. The van der Waals surface area contributed by atoms with Crippen molar-refractivity contribution in [3.8, 4) is 0 Å². The van der Waals surface area contributed by atoms with Crippen molar-refractivity contribution in [2.24, 2.45) is 5.92 Å². The van der Waals surface area contributed by atoms with Crippen LogP contribution in [0.3, 0.4) is 0 Å². The third-order valence-corrected chi connectivity index (χ3v) is 7.45. The Morgan fingerprint density at radius 1 is 1.00 bits per heavy atom. The monoisotopic (exact) mass is 414 g/mol. The van der Waals surface area contributed by atoms with Crippen molar-refractivity contribution in [2.45, 2.75) is 24.8 Å². The normalized spacial score (nSPS) is 22.8. The van der Waals surface area contributed by atoms with Crippen molar-refractivity contribution in [2.75, 3.05) is 18.0 Å². The minimum absolute atomic E-state index is 0.124. The molecule has 150 valence electrons.